The molecular formula is C11H5Cl2FN4. The van der Waals surface area contributed by atoms with Gasteiger partial charge in [0.15, 0.2) is 21.9 Å². The zero-order valence-electron chi connectivity index (χ0n) is 8.81. The van der Waals surface area contributed by atoms with E-state index in [-0.39, 0.29) is 16.1 Å². The maximum atomic E-state index is 13.2. The van der Waals surface area contributed by atoms with Crippen molar-refractivity contribution in [2.24, 2.45) is 0 Å². The molecule has 3 rings (SSSR count). The number of hydrogen-bond donors (Lipinski definition) is 0. The van der Waals surface area contributed by atoms with E-state index < -0.39 is 5.82 Å². The minimum Gasteiger partial charge on any atom is -0.306 e. The summed E-state index contributed by atoms with van der Waals surface area (Å²) in [6.45, 7) is 0. The Bertz CT molecular complexity index is 685. The first kappa shape index (κ1) is 11.4. The molecule has 0 N–H and O–H groups in total. The van der Waals surface area contributed by atoms with Crippen molar-refractivity contribution in [2.45, 2.75) is 0 Å². The van der Waals surface area contributed by atoms with Crippen LogP contribution in [0.4, 0.5) is 4.39 Å². The predicted molar refractivity (Wildman–Crippen MR) is 66.2 cm³/mol. The van der Waals surface area contributed by atoms with Crippen LogP contribution in [0.15, 0.2) is 30.6 Å². The second-order valence-electron chi connectivity index (χ2n) is 3.54. The molecule has 18 heavy (non-hydrogen) atoms. The molecule has 0 radical (unpaired) electrons. The summed E-state index contributed by atoms with van der Waals surface area (Å²) in [6.07, 6.45) is 3.55. The van der Waals surface area contributed by atoms with Gasteiger partial charge in [0.2, 0.25) is 0 Å². The molecule has 3 aromatic heterocycles. The Kier molecular flexibility index (Phi) is 2.65. The molecule has 0 aliphatic rings. The summed E-state index contributed by atoms with van der Waals surface area (Å²) in [4.78, 5) is 11.9. The minimum absolute atomic E-state index is 0.190. The Morgan fingerprint density at radius 1 is 1.06 bits per heavy atom. The largest absolute Gasteiger partial charge is 0.306 e. The van der Waals surface area contributed by atoms with E-state index in [1.54, 1.807) is 10.6 Å². The summed E-state index contributed by atoms with van der Waals surface area (Å²) < 4.78 is 15.0. The summed E-state index contributed by atoms with van der Waals surface area (Å²) in [5.41, 5.74) is 1.21. The number of imidazole rings is 1. The standard InChI is InChI=1S/C11H5Cl2FN4/c12-9-8(14)10(13)17-11(16-9)6-5-18-4-2-1-3-7(18)15-6/h1-5H. The Balaban J connectivity index is 2.20. The van der Waals surface area contributed by atoms with Crippen LogP contribution in [0, 0.1) is 5.82 Å². The van der Waals surface area contributed by atoms with Gasteiger partial charge >= 0.3 is 0 Å². The predicted octanol–water partition coefficient (Wildman–Crippen LogP) is 3.24. The van der Waals surface area contributed by atoms with Crippen molar-refractivity contribution >= 4 is 28.8 Å². The van der Waals surface area contributed by atoms with Gasteiger partial charge in [-0.2, -0.15) is 0 Å². The molecule has 7 heteroatoms. The van der Waals surface area contributed by atoms with Crippen LogP contribution in [-0.4, -0.2) is 19.4 Å². The highest BCUT2D eigenvalue weighted by molar-refractivity contribution is 6.33. The van der Waals surface area contributed by atoms with E-state index in [1.165, 1.54) is 0 Å². The van der Waals surface area contributed by atoms with Gasteiger partial charge in [0, 0.05) is 12.4 Å². The Morgan fingerprint density at radius 3 is 2.44 bits per heavy atom. The topological polar surface area (TPSA) is 43.1 Å². The SMILES string of the molecule is Fc1c(Cl)nc(-c2cn3ccccc3n2)nc1Cl. The van der Waals surface area contributed by atoms with Gasteiger partial charge < -0.3 is 4.40 Å². The molecule has 90 valence electrons. The molecule has 0 amide bonds. The van der Waals surface area contributed by atoms with E-state index in [2.05, 4.69) is 15.0 Å². The van der Waals surface area contributed by atoms with Gasteiger partial charge in [-0.15, -0.1) is 0 Å². The zero-order valence-corrected chi connectivity index (χ0v) is 10.3. The normalized spacial score (nSPS) is 11.1. The number of hydrogen-bond acceptors (Lipinski definition) is 3. The highest BCUT2D eigenvalue weighted by atomic mass is 35.5. The van der Waals surface area contributed by atoms with E-state index in [0.29, 0.717) is 5.69 Å². The van der Waals surface area contributed by atoms with Crippen molar-refractivity contribution in [1.29, 1.82) is 0 Å². The highest BCUT2D eigenvalue weighted by Crippen LogP contribution is 2.23. The Morgan fingerprint density at radius 2 is 1.78 bits per heavy atom. The Hall–Kier alpha value is -1.72. The lowest BCUT2D eigenvalue weighted by Crippen LogP contribution is -1.94. The van der Waals surface area contributed by atoms with Crippen LogP contribution < -0.4 is 0 Å². The van der Waals surface area contributed by atoms with Gasteiger partial charge in [0.05, 0.1) is 0 Å². The fraction of sp³-hybridized carbons (Fsp3) is 0. The maximum absolute atomic E-state index is 13.2. The van der Waals surface area contributed by atoms with Gasteiger partial charge in [0.1, 0.15) is 11.3 Å². The van der Waals surface area contributed by atoms with Gasteiger partial charge in [-0.1, -0.05) is 29.3 Å². The average molecular weight is 283 g/mol. The van der Waals surface area contributed by atoms with Crippen molar-refractivity contribution in [1.82, 2.24) is 19.4 Å². The molecule has 0 unspecified atom stereocenters. The van der Waals surface area contributed by atoms with Crippen LogP contribution in [0.1, 0.15) is 0 Å². The first-order valence-electron chi connectivity index (χ1n) is 4.98. The van der Waals surface area contributed by atoms with Crippen molar-refractivity contribution in [3.05, 3.63) is 46.7 Å². The monoisotopic (exact) mass is 282 g/mol. The van der Waals surface area contributed by atoms with Gasteiger partial charge in [-0.05, 0) is 12.1 Å². The summed E-state index contributed by atoms with van der Waals surface area (Å²) in [5.74, 6) is -0.638. The fourth-order valence-corrected chi connectivity index (χ4v) is 1.94. The zero-order chi connectivity index (χ0) is 12.7. The molecule has 3 heterocycles. The number of halogens is 3. The summed E-state index contributed by atoms with van der Waals surface area (Å²) in [5, 5.41) is -0.635. The number of fused-ring (bicyclic) bond motifs is 1. The van der Waals surface area contributed by atoms with Crippen molar-refractivity contribution in [3.8, 4) is 11.5 Å². The van der Waals surface area contributed by atoms with Crippen molar-refractivity contribution < 1.29 is 4.39 Å². The molecule has 4 nitrogen and oxygen atoms in total. The third kappa shape index (κ3) is 1.81. The van der Waals surface area contributed by atoms with Crippen LogP contribution in [0.2, 0.25) is 10.3 Å². The van der Waals surface area contributed by atoms with Crippen LogP contribution in [0.3, 0.4) is 0 Å². The lowest BCUT2D eigenvalue weighted by Gasteiger charge is -1.99. The van der Waals surface area contributed by atoms with Crippen LogP contribution >= 0.6 is 23.2 Å². The molecule has 0 bridgehead atoms. The van der Waals surface area contributed by atoms with Gasteiger partial charge in [0.25, 0.3) is 0 Å². The maximum Gasteiger partial charge on any atom is 0.197 e. The summed E-state index contributed by atoms with van der Waals surface area (Å²) in [7, 11) is 0. The van der Waals surface area contributed by atoms with E-state index in [1.807, 2.05) is 24.4 Å². The first-order valence-corrected chi connectivity index (χ1v) is 5.73. The second-order valence-corrected chi connectivity index (χ2v) is 4.25. The van der Waals surface area contributed by atoms with E-state index in [4.69, 9.17) is 23.2 Å². The number of nitrogens with zero attached hydrogens (tertiary/aromatic N) is 4. The molecule has 0 saturated carbocycles. The lowest BCUT2D eigenvalue weighted by atomic mass is 10.4. The molecule has 0 spiro atoms. The molecule has 0 atom stereocenters. The minimum atomic E-state index is -0.828. The fourth-order valence-electron chi connectivity index (χ4n) is 1.55. The number of pyridine rings is 1. The summed E-state index contributed by atoms with van der Waals surface area (Å²) in [6, 6.07) is 5.55. The Labute approximate surface area is 111 Å². The lowest BCUT2D eigenvalue weighted by molar-refractivity contribution is 0.615. The van der Waals surface area contributed by atoms with E-state index in [0.717, 1.165) is 5.65 Å². The van der Waals surface area contributed by atoms with Gasteiger partial charge in [-0.25, -0.2) is 19.3 Å². The van der Waals surface area contributed by atoms with Crippen LogP contribution in [0.25, 0.3) is 17.2 Å². The van der Waals surface area contributed by atoms with Crippen LogP contribution in [-0.2, 0) is 0 Å². The molecular weight excluding hydrogens is 278 g/mol. The van der Waals surface area contributed by atoms with Gasteiger partial charge in [-0.3, -0.25) is 0 Å². The smallest absolute Gasteiger partial charge is 0.197 e. The van der Waals surface area contributed by atoms with Crippen LogP contribution in [0.5, 0.6) is 0 Å². The summed E-state index contributed by atoms with van der Waals surface area (Å²) >= 11 is 11.2. The molecule has 0 saturated heterocycles. The number of aromatic nitrogens is 4. The molecule has 0 aliphatic carbocycles. The van der Waals surface area contributed by atoms with E-state index in [9.17, 15) is 4.39 Å². The van der Waals surface area contributed by atoms with Crippen molar-refractivity contribution in [2.75, 3.05) is 0 Å². The quantitative estimate of drug-likeness (QED) is 0.644. The highest BCUT2D eigenvalue weighted by Gasteiger charge is 2.14. The number of rotatable bonds is 1. The molecule has 0 aliphatic heterocycles. The van der Waals surface area contributed by atoms with E-state index >= 15 is 0 Å². The molecule has 0 fully saturated rings. The third-order valence-electron chi connectivity index (χ3n) is 2.36. The second kappa shape index (κ2) is 4.19. The molecule has 0 aromatic carbocycles. The average Bonchev–Trinajstić information content (AvgIpc) is 2.79. The third-order valence-corrected chi connectivity index (χ3v) is 2.86. The van der Waals surface area contributed by atoms with Crippen molar-refractivity contribution in [3.63, 3.8) is 0 Å². The molecule has 3 aromatic rings. The first-order chi connectivity index (χ1) is 8.65.